The quantitative estimate of drug-likeness (QED) is 0.686. The van der Waals surface area contributed by atoms with E-state index in [4.69, 9.17) is 0 Å². The van der Waals surface area contributed by atoms with Gasteiger partial charge in [0.2, 0.25) is 5.95 Å². The molecule has 0 amide bonds. The van der Waals surface area contributed by atoms with Gasteiger partial charge in [-0.15, -0.1) is 0 Å². The van der Waals surface area contributed by atoms with Crippen molar-refractivity contribution in [3.8, 4) is 0 Å². The fourth-order valence-electron chi connectivity index (χ4n) is 1.40. The Hall–Kier alpha value is -1.90. The summed E-state index contributed by atoms with van der Waals surface area (Å²) < 4.78 is 64.0. The lowest BCUT2D eigenvalue weighted by Gasteiger charge is -2.10. The summed E-state index contributed by atoms with van der Waals surface area (Å²) in [5.41, 5.74) is -1.12. The van der Waals surface area contributed by atoms with Crippen molar-refractivity contribution in [1.82, 2.24) is 9.97 Å². The second kappa shape index (κ2) is 5.84. The van der Waals surface area contributed by atoms with Crippen LogP contribution in [0.5, 0.6) is 0 Å². The predicted octanol–water partition coefficient (Wildman–Crippen LogP) is 3.97. The Morgan fingerprint density at radius 3 is 2.33 bits per heavy atom. The molecule has 0 fully saturated rings. The lowest BCUT2D eigenvalue weighted by Crippen LogP contribution is -2.11. The van der Waals surface area contributed by atoms with E-state index < -0.39 is 23.5 Å². The van der Waals surface area contributed by atoms with Gasteiger partial charge in [0.25, 0.3) is 0 Å². The van der Waals surface area contributed by atoms with E-state index in [-0.39, 0.29) is 15.9 Å². The second-order valence-corrected chi connectivity index (χ2v) is 4.93. The molecule has 0 radical (unpaired) electrons. The second-order valence-electron chi connectivity index (χ2n) is 3.84. The topological polar surface area (TPSA) is 37.8 Å². The van der Waals surface area contributed by atoms with Crippen molar-refractivity contribution in [2.75, 3.05) is 12.4 Å². The third-order valence-corrected chi connectivity index (χ3v) is 3.24. The highest BCUT2D eigenvalue weighted by molar-refractivity contribution is 7.99. The number of nitrogens with one attached hydrogen (secondary N) is 1. The average molecular weight is 321 g/mol. The van der Waals surface area contributed by atoms with Crippen LogP contribution in [0.2, 0.25) is 0 Å². The van der Waals surface area contributed by atoms with Gasteiger partial charge in [0.15, 0.2) is 17.3 Å². The average Bonchev–Trinajstić information content (AvgIpc) is 2.41. The fourth-order valence-corrected chi connectivity index (χ4v) is 2.24. The monoisotopic (exact) mass is 321 g/mol. The first kappa shape index (κ1) is 15.5. The van der Waals surface area contributed by atoms with Crippen LogP contribution in [0.15, 0.2) is 34.2 Å². The number of halogens is 5. The van der Waals surface area contributed by atoms with Crippen molar-refractivity contribution in [1.29, 1.82) is 0 Å². The normalized spacial score (nSPS) is 11.5. The van der Waals surface area contributed by atoms with Gasteiger partial charge in [0, 0.05) is 18.0 Å². The SMILES string of the molecule is CNc1nc(Sc2ccc(F)c(F)c2)cc(C(F)(F)F)n1. The van der Waals surface area contributed by atoms with Crippen LogP contribution in [0.1, 0.15) is 5.69 Å². The van der Waals surface area contributed by atoms with Gasteiger partial charge in [-0.25, -0.2) is 18.7 Å². The Morgan fingerprint density at radius 2 is 1.76 bits per heavy atom. The minimum atomic E-state index is -4.63. The number of aromatic nitrogens is 2. The van der Waals surface area contributed by atoms with E-state index in [2.05, 4.69) is 15.3 Å². The Labute approximate surface area is 120 Å². The van der Waals surface area contributed by atoms with Gasteiger partial charge in [-0.1, -0.05) is 11.8 Å². The molecule has 3 nitrogen and oxygen atoms in total. The molecule has 2 aromatic rings. The van der Waals surface area contributed by atoms with Crippen LogP contribution in [-0.2, 0) is 6.18 Å². The van der Waals surface area contributed by atoms with Crippen molar-refractivity contribution >= 4 is 17.7 Å². The zero-order valence-corrected chi connectivity index (χ0v) is 11.3. The Morgan fingerprint density at radius 1 is 1.05 bits per heavy atom. The first-order valence-electron chi connectivity index (χ1n) is 5.56. The van der Waals surface area contributed by atoms with Crippen LogP contribution >= 0.6 is 11.8 Å². The van der Waals surface area contributed by atoms with Crippen molar-refractivity contribution in [2.45, 2.75) is 16.1 Å². The lowest BCUT2D eigenvalue weighted by atomic mass is 10.3. The van der Waals surface area contributed by atoms with Crippen molar-refractivity contribution < 1.29 is 22.0 Å². The van der Waals surface area contributed by atoms with E-state index >= 15 is 0 Å². The summed E-state index contributed by atoms with van der Waals surface area (Å²) in [4.78, 5) is 7.36. The van der Waals surface area contributed by atoms with Crippen LogP contribution in [-0.4, -0.2) is 17.0 Å². The van der Waals surface area contributed by atoms with Gasteiger partial charge in [0.1, 0.15) is 5.03 Å². The van der Waals surface area contributed by atoms with E-state index in [1.165, 1.54) is 13.1 Å². The summed E-state index contributed by atoms with van der Waals surface area (Å²) in [5, 5.41) is 2.38. The highest BCUT2D eigenvalue weighted by atomic mass is 32.2. The number of nitrogens with zero attached hydrogens (tertiary/aromatic N) is 2. The minimum absolute atomic E-state index is 0.0346. The molecule has 0 saturated carbocycles. The van der Waals surface area contributed by atoms with Crippen LogP contribution in [0, 0.1) is 11.6 Å². The molecule has 0 spiro atoms. The maximum Gasteiger partial charge on any atom is 0.433 e. The lowest BCUT2D eigenvalue weighted by molar-refractivity contribution is -0.141. The molecular formula is C12H8F5N3S. The molecule has 0 aliphatic heterocycles. The van der Waals surface area contributed by atoms with Gasteiger partial charge in [-0.2, -0.15) is 13.2 Å². The molecule has 2 rings (SSSR count). The summed E-state index contributed by atoms with van der Waals surface area (Å²) in [6.45, 7) is 0. The molecule has 0 aliphatic rings. The zero-order chi connectivity index (χ0) is 15.6. The summed E-state index contributed by atoms with van der Waals surface area (Å²) >= 11 is 0.772. The molecule has 21 heavy (non-hydrogen) atoms. The van der Waals surface area contributed by atoms with Gasteiger partial charge in [-0.05, 0) is 18.2 Å². The van der Waals surface area contributed by atoms with E-state index in [1.807, 2.05) is 0 Å². The van der Waals surface area contributed by atoms with Crippen LogP contribution in [0.25, 0.3) is 0 Å². The molecule has 9 heteroatoms. The molecule has 0 unspecified atom stereocenters. The van der Waals surface area contributed by atoms with E-state index in [9.17, 15) is 22.0 Å². The van der Waals surface area contributed by atoms with Crippen LogP contribution < -0.4 is 5.32 Å². The molecule has 0 aliphatic carbocycles. The van der Waals surface area contributed by atoms with Gasteiger partial charge >= 0.3 is 6.18 Å². The van der Waals surface area contributed by atoms with Crippen LogP contribution in [0.3, 0.4) is 0 Å². The van der Waals surface area contributed by atoms with Crippen molar-refractivity contribution in [3.63, 3.8) is 0 Å². The van der Waals surface area contributed by atoms with Crippen molar-refractivity contribution in [3.05, 3.63) is 41.6 Å². The molecule has 112 valence electrons. The van der Waals surface area contributed by atoms with Gasteiger partial charge in [-0.3, -0.25) is 0 Å². The number of hydrogen-bond acceptors (Lipinski definition) is 4. The molecular weight excluding hydrogens is 313 g/mol. The molecule has 1 N–H and O–H groups in total. The number of benzene rings is 1. The smallest absolute Gasteiger partial charge is 0.357 e. The van der Waals surface area contributed by atoms with Gasteiger partial charge < -0.3 is 5.32 Å². The largest absolute Gasteiger partial charge is 0.433 e. The van der Waals surface area contributed by atoms with Crippen molar-refractivity contribution in [2.24, 2.45) is 0 Å². The minimum Gasteiger partial charge on any atom is -0.357 e. The standard InChI is InChI=1S/C12H8F5N3S/c1-18-11-19-9(12(15,16)17)5-10(20-11)21-6-2-3-7(13)8(14)4-6/h2-5H,1H3,(H,18,19,20). The third-order valence-electron chi connectivity index (χ3n) is 2.33. The molecule has 1 aromatic carbocycles. The maximum absolute atomic E-state index is 13.1. The Bertz CT molecular complexity index is 660. The Balaban J connectivity index is 2.36. The molecule has 0 saturated heterocycles. The summed E-state index contributed by atoms with van der Waals surface area (Å²) in [7, 11) is 1.38. The fraction of sp³-hybridized carbons (Fsp3) is 0.167. The highest BCUT2D eigenvalue weighted by Gasteiger charge is 2.33. The summed E-state index contributed by atoms with van der Waals surface area (Å²) in [5.74, 6) is -2.33. The van der Waals surface area contributed by atoms with E-state index in [0.29, 0.717) is 0 Å². The molecule has 1 aromatic heterocycles. The first-order chi connectivity index (χ1) is 9.79. The summed E-state index contributed by atoms with van der Waals surface area (Å²) in [6.07, 6.45) is -4.63. The number of anilines is 1. The van der Waals surface area contributed by atoms with E-state index in [1.54, 1.807) is 0 Å². The van der Waals surface area contributed by atoms with Crippen LogP contribution in [0.4, 0.5) is 27.9 Å². The first-order valence-corrected chi connectivity index (χ1v) is 6.38. The highest BCUT2D eigenvalue weighted by Crippen LogP contribution is 2.33. The Kier molecular flexibility index (Phi) is 4.31. The summed E-state index contributed by atoms with van der Waals surface area (Å²) in [6, 6.07) is 3.77. The molecule has 1 heterocycles. The number of alkyl halides is 3. The van der Waals surface area contributed by atoms with E-state index in [0.717, 1.165) is 30.0 Å². The number of rotatable bonds is 3. The maximum atomic E-state index is 13.1. The number of hydrogen-bond donors (Lipinski definition) is 1. The zero-order valence-electron chi connectivity index (χ0n) is 10.5. The van der Waals surface area contributed by atoms with Gasteiger partial charge in [0.05, 0.1) is 0 Å². The third kappa shape index (κ3) is 3.81. The molecule has 0 atom stereocenters. The molecule has 0 bridgehead atoms. The predicted molar refractivity (Wildman–Crippen MR) is 67.1 cm³/mol.